The second-order valence-corrected chi connectivity index (χ2v) is 4.22. The predicted octanol–water partition coefficient (Wildman–Crippen LogP) is 2.69. The third-order valence-corrected chi connectivity index (χ3v) is 2.73. The van der Waals surface area contributed by atoms with Crippen LogP contribution in [0.2, 0.25) is 0 Å². The van der Waals surface area contributed by atoms with Gasteiger partial charge in [0.05, 0.1) is 0 Å². The summed E-state index contributed by atoms with van der Waals surface area (Å²) in [4.78, 5) is 13.9. The summed E-state index contributed by atoms with van der Waals surface area (Å²) in [5.41, 5.74) is 3.28. The summed E-state index contributed by atoms with van der Waals surface area (Å²) in [6, 6.07) is 6.08. The van der Waals surface area contributed by atoms with E-state index in [1.165, 1.54) is 0 Å². The van der Waals surface area contributed by atoms with Gasteiger partial charge in [-0.2, -0.15) is 0 Å². The average Bonchev–Trinajstić information content (AvgIpc) is 2.28. The Hall–Kier alpha value is -1.35. The molecule has 0 saturated carbocycles. The molecule has 0 atom stereocenters. The number of hydrogen-bond acceptors (Lipinski definition) is 2. The fourth-order valence-electron chi connectivity index (χ4n) is 2.02. The number of ether oxygens (including phenoxy) is 1. The van der Waals surface area contributed by atoms with Crippen LogP contribution in [-0.2, 0) is 9.53 Å². The Bertz CT molecular complexity index is 368. The van der Waals surface area contributed by atoms with Gasteiger partial charge in [-0.3, -0.25) is 4.79 Å². The van der Waals surface area contributed by atoms with Crippen molar-refractivity contribution in [1.29, 1.82) is 0 Å². The molecule has 0 spiro atoms. The number of para-hydroxylation sites is 1. The molecule has 0 aromatic heterocycles. The SMILES string of the molecule is CCCN(C(=O)COC)c1c(C)cccc1C. The number of methoxy groups -OCH3 is 1. The molecule has 0 unspecified atom stereocenters. The maximum atomic E-state index is 12.0. The van der Waals surface area contributed by atoms with Crippen molar-refractivity contribution in [2.24, 2.45) is 0 Å². The fraction of sp³-hybridized carbons (Fsp3) is 0.500. The van der Waals surface area contributed by atoms with Crippen molar-refractivity contribution in [3.8, 4) is 0 Å². The van der Waals surface area contributed by atoms with E-state index in [4.69, 9.17) is 4.74 Å². The van der Waals surface area contributed by atoms with Crippen molar-refractivity contribution in [3.63, 3.8) is 0 Å². The highest BCUT2D eigenvalue weighted by Gasteiger charge is 2.17. The van der Waals surface area contributed by atoms with Gasteiger partial charge in [0.2, 0.25) is 0 Å². The van der Waals surface area contributed by atoms with Crippen LogP contribution in [0.15, 0.2) is 18.2 Å². The third kappa shape index (κ3) is 3.30. The van der Waals surface area contributed by atoms with Gasteiger partial charge in [0, 0.05) is 19.3 Å². The first-order chi connectivity index (χ1) is 8.11. The lowest BCUT2D eigenvalue weighted by Gasteiger charge is -2.25. The summed E-state index contributed by atoms with van der Waals surface area (Å²) >= 11 is 0. The van der Waals surface area contributed by atoms with Crippen LogP contribution in [0.3, 0.4) is 0 Å². The zero-order valence-corrected chi connectivity index (χ0v) is 11.1. The molecule has 94 valence electrons. The zero-order chi connectivity index (χ0) is 12.8. The second kappa shape index (κ2) is 6.40. The maximum Gasteiger partial charge on any atom is 0.252 e. The topological polar surface area (TPSA) is 29.5 Å². The number of carbonyl (C=O) groups excluding carboxylic acids is 1. The van der Waals surface area contributed by atoms with E-state index in [9.17, 15) is 4.79 Å². The first kappa shape index (κ1) is 13.7. The first-order valence-corrected chi connectivity index (χ1v) is 5.97. The number of carbonyl (C=O) groups is 1. The number of hydrogen-bond donors (Lipinski definition) is 0. The van der Waals surface area contributed by atoms with Gasteiger partial charge in [-0.15, -0.1) is 0 Å². The molecule has 1 aromatic rings. The largest absolute Gasteiger partial charge is 0.375 e. The molecule has 0 heterocycles. The summed E-state index contributed by atoms with van der Waals surface area (Å²) < 4.78 is 4.94. The number of benzene rings is 1. The molecule has 0 fully saturated rings. The molecule has 0 aliphatic rings. The van der Waals surface area contributed by atoms with Crippen molar-refractivity contribution in [1.82, 2.24) is 0 Å². The van der Waals surface area contributed by atoms with Gasteiger partial charge in [0.15, 0.2) is 0 Å². The van der Waals surface area contributed by atoms with Gasteiger partial charge in [-0.25, -0.2) is 0 Å². The van der Waals surface area contributed by atoms with E-state index >= 15 is 0 Å². The van der Waals surface area contributed by atoms with Crippen molar-refractivity contribution in [3.05, 3.63) is 29.3 Å². The molecule has 3 nitrogen and oxygen atoms in total. The van der Waals surface area contributed by atoms with Gasteiger partial charge in [0.25, 0.3) is 5.91 Å². The van der Waals surface area contributed by atoms with Crippen LogP contribution in [0.25, 0.3) is 0 Å². The minimum Gasteiger partial charge on any atom is -0.375 e. The number of nitrogens with zero attached hydrogens (tertiary/aromatic N) is 1. The molecule has 0 bridgehead atoms. The van der Waals surface area contributed by atoms with Crippen LogP contribution in [-0.4, -0.2) is 26.2 Å². The van der Waals surface area contributed by atoms with Crippen LogP contribution < -0.4 is 4.90 Å². The fourth-order valence-corrected chi connectivity index (χ4v) is 2.02. The lowest BCUT2D eigenvalue weighted by Crippen LogP contribution is -2.35. The highest BCUT2D eigenvalue weighted by Crippen LogP contribution is 2.24. The normalized spacial score (nSPS) is 10.4. The Morgan fingerprint density at radius 3 is 2.35 bits per heavy atom. The van der Waals surface area contributed by atoms with Gasteiger partial charge in [-0.05, 0) is 31.4 Å². The molecular weight excluding hydrogens is 214 g/mol. The van der Waals surface area contributed by atoms with Crippen LogP contribution in [0.1, 0.15) is 24.5 Å². The number of aryl methyl sites for hydroxylation is 2. The van der Waals surface area contributed by atoms with Crippen molar-refractivity contribution < 1.29 is 9.53 Å². The Labute approximate surface area is 103 Å². The van der Waals surface area contributed by atoms with E-state index in [0.29, 0.717) is 0 Å². The van der Waals surface area contributed by atoms with Crippen LogP contribution >= 0.6 is 0 Å². The quantitative estimate of drug-likeness (QED) is 0.785. The molecular formula is C14H21NO2. The average molecular weight is 235 g/mol. The summed E-state index contributed by atoms with van der Waals surface area (Å²) in [5, 5.41) is 0. The van der Waals surface area contributed by atoms with Gasteiger partial charge in [-0.1, -0.05) is 25.1 Å². The number of rotatable bonds is 5. The van der Waals surface area contributed by atoms with E-state index in [0.717, 1.165) is 29.8 Å². The van der Waals surface area contributed by atoms with Crippen molar-refractivity contribution >= 4 is 11.6 Å². The molecule has 1 amide bonds. The minimum atomic E-state index is 0.0201. The van der Waals surface area contributed by atoms with Crippen LogP contribution in [0, 0.1) is 13.8 Å². The van der Waals surface area contributed by atoms with E-state index in [-0.39, 0.29) is 12.5 Å². The first-order valence-electron chi connectivity index (χ1n) is 5.97. The Morgan fingerprint density at radius 1 is 1.29 bits per heavy atom. The van der Waals surface area contributed by atoms with Crippen molar-refractivity contribution in [2.45, 2.75) is 27.2 Å². The molecule has 0 aliphatic carbocycles. The second-order valence-electron chi connectivity index (χ2n) is 4.22. The lowest BCUT2D eigenvalue weighted by atomic mass is 10.1. The third-order valence-electron chi connectivity index (χ3n) is 2.73. The molecule has 0 saturated heterocycles. The molecule has 0 aliphatic heterocycles. The Morgan fingerprint density at radius 2 is 1.88 bits per heavy atom. The highest BCUT2D eigenvalue weighted by atomic mass is 16.5. The van der Waals surface area contributed by atoms with E-state index in [1.807, 2.05) is 36.9 Å². The van der Waals surface area contributed by atoms with E-state index in [1.54, 1.807) is 7.11 Å². The molecule has 0 radical (unpaired) electrons. The van der Waals surface area contributed by atoms with Gasteiger partial charge in [0.1, 0.15) is 6.61 Å². The smallest absolute Gasteiger partial charge is 0.252 e. The number of amides is 1. The summed E-state index contributed by atoms with van der Waals surface area (Å²) in [5.74, 6) is 0.0201. The zero-order valence-electron chi connectivity index (χ0n) is 11.1. The predicted molar refractivity (Wildman–Crippen MR) is 70.4 cm³/mol. The standard InChI is InChI=1S/C14H21NO2/c1-5-9-15(13(16)10-17-4)14-11(2)7-6-8-12(14)3/h6-8H,5,9-10H2,1-4H3. The van der Waals surface area contributed by atoms with Gasteiger partial charge >= 0.3 is 0 Å². The Balaban J connectivity index is 3.09. The molecule has 17 heavy (non-hydrogen) atoms. The van der Waals surface area contributed by atoms with E-state index < -0.39 is 0 Å². The summed E-state index contributed by atoms with van der Waals surface area (Å²) in [7, 11) is 1.55. The Kier molecular flexibility index (Phi) is 5.16. The molecule has 1 rings (SSSR count). The van der Waals surface area contributed by atoms with Gasteiger partial charge < -0.3 is 9.64 Å². The maximum absolute atomic E-state index is 12.0. The monoisotopic (exact) mass is 235 g/mol. The highest BCUT2D eigenvalue weighted by molar-refractivity contribution is 5.95. The lowest BCUT2D eigenvalue weighted by molar-refractivity contribution is -0.122. The number of anilines is 1. The van der Waals surface area contributed by atoms with E-state index in [2.05, 4.69) is 6.92 Å². The van der Waals surface area contributed by atoms with Crippen molar-refractivity contribution in [2.75, 3.05) is 25.2 Å². The molecule has 0 N–H and O–H groups in total. The minimum absolute atomic E-state index is 0.0201. The molecule has 1 aromatic carbocycles. The molecule has 3 heteroatoms. The van der Waals surface area contributed by atoms with Crippen LogP contribution in [0.4, 0.5) is 5.69 Å². The summed E-state index contributed by atoms with van der Waals surface area (Å²) in [6.07, 6.45) is 0.934. The van der Waals surface area contributed by atoms with Crippen LogP contribution in [0.5, 0.6) is 0 Å². The summed E-state index contributed by atoms with van der Waals surface area (Å²) in [6.45, 7) is 7.00.